The van der Waals surface area contributed by atoms with Crippen molar-refractivity contribution in [1.82, 2.24) is 14.9 Å². The lowest BCUT2D eigenvalue weighted by Crippen LogP contribution is -2.41. The Morgan fingerprint density at radius 2 is 2.05 bits per heavy atom. The second-order valence-electron chi connectivity index (χ2n) is 4.93. The van der Waals surface area contributed by atoms with Crippen LogP contribution in [0, 0.1) is 6.92 Å². The maximum atomic E-state index is 12.3. The summed E-state index contributed by atoms with van der Waals surface area (Å²) in [7, 11) is 0. The molecular weight excluding hydrogens is 286 g/mol. The standard InChI is InChI=1S/C15H17N3O2S/c1-11-13(10-14(19)18-6-8-20-9-7-18)21-15(17-11)12-2-4-16-5-3-12/h2-5H,6-10H2,1H3. The van der Waals surface area contributed by atoms with Crippen LogP contribution in [-0.4, -0.2) is 47.1 Å². The zero-order valence-corrected chi connectivity index (χ0v) is 12.7. The zero-order chi connectivity index (χ0) is 14.7. The summed E-state index contributed by atoms with van der Waals surface area (Å²) in [6.07, 6.45) is 3.93. The van der Waals surface area contributed by atoms with Gasteiger partial charge in [0.2, 0.25) is 5.91 Å². The lowest BCUT2D eigenvalue weighted by Gasteiger charge is -2.26. The van der Waals surface area contributed by atoms with Crippen LogP contribution < -0.4 is 0 Å². The lowest BCUT2D eigenvalue weighted by molar-refractivity contribution is -0.134. The second kappa shape index (κ2) is 6.32. The molecule has 1 aliphatic rings. The number of carbonyl (C=O) groups is 1. The van der Waals surface area contributed by atoms with Gasteiger partial charge in [-0.2, -0.15) is 0 Å². The first-order chi connectivity index (χ1) is 10.2. The van der Waals surface area contributed by atoms with Crippen molar-refractivity contribution >= 4 is 17.2 Å². The number of hydrogen-bond donors (Lipinski definition) is 0. The molecule has 1 amide bonds. The van der Waals surface area contributed by atoms with Crippen molar-refractivity contribution in [2.75, 3.05) is 26.3 Å². The quantitative estimate of drug-likeness (QED) is 0.869. The highest BCUT2D eigenvalue weighted by Gasteiger charge is 2.19. The third kappa shape index (κ3) is 3.28. The number of hydrogen-bond acceptors (Lipinski definition) is 5. The fourth-order valence-corrected chi connectivity index (χ4v) is 3.33. The number of aromatic nitrogens is 2. The van der Waals surface area contributed by atoms with Gasteiger partial charge in [0.25, 0.3) is 0 Å². The van der Waals surface area contributed by atoms with E-state index in [1.165, 1.54) is 0 Å². The van der Waals surface area contributed by atoms with Crippen molar-refractivity contribution in [1.29, 1.82) is 0 Å². The summed E-state index contributed by atoms with van der Waals surface area (Å²) in [6.45, 7) is 4.61. The van der Waals surface area contributed by atoms with Gasteiger partial charge in [0.1, 0.15) is 5.01 Å². The summed E-state index contributed by atoms with van der Waals surface area (Å²) in [5.74, 6) is 0.159. The van der Waals surface area contributed by atoms with Crippen LogP contribution in [0.1, 0.15) is 10.6 Å². The van der Waals surface area contributed by atoms with E-state index in [-0.39, 0.29) is 5.91 Å². The Balaban J connectivity index is 1.74. The Morgan fingerprint density at radius 1 is 1.33 bits per heavy atom. The molecule has 0 bridgehead atoms. The van der Waals surface area contributed by atoms with Crippen LogP contribution in [0.2, 0.25) is 0 Å². The van der Waals surface area contributed by atoms with Gasteiger partial charge >= 0.3 is 0 Å². The lowest BCUT2D eigenvalue weighted by atomic mass is 10.2. The largest absolute Gasteiger partial charge is 0.378 e. The highest BCUT2D eigenvalue weighted by atomic mass is 32.1. The summed E-state index contributed by atoms with van der Waals surface area (Å²) in [6, 6.07) is 3.87. The average Bonchev–Trinajstić information content (AvgIpc) is 2.90. The number of morpholine rings is 1. The number of ether oxygens (including phenoxy) is 1. The molecule has 0 aromatic carbocycles. The van der Waals surface area contributed by atoms with Gasteiger partial charge in [0.05, 0.1) is 25.3 Å². The topological polar surface area (TPSA) is 55.3 Å². The number of pyridine rings is 1. The maximum Gasteiger partial charge on any atom is 0.228 e. The number of carbonyl (C=O) groups excluding carboxylic acids is 1. The van der Waals surface area contributed by atoms with Gasteiger partial charge in [-0.15, -0.1) is 11.3 Å². The number of rotatable bonds is 3. The van der Waals surface area contributed by atoms with E-state index in [9.17, 15) is 4.79 Å². The summed E-state index contributed by atoms with van der Waals surface area (Å²) >= 11 is 1.59. The summed E-state index contributed by atoms with van der Waals surface area (Å²) in [5.41, 5.74) is 1.98. The molecule has 3 rings (SSSR count). The molecule has 0 aliphatic carbocycles. The van der Waals surface area contributed by atoms with Crippen molar-refractivity contribution < 1.29 is 9.53 Å². The average molecular weight is 303 g/mol. The van der Waals surface area contributed by atoms with Gasteiger partial charge in [-0.3, -0.25) is 9.78 Å². The number of nitrogens with zero attached hydrogens (tertiary/aromatic N) is 3. The smallest absolute Gasteiger partial charge is 0.228 e. The predicted octanol–water partition coefficient (Wildman–Crippen LogP) is 1.91. The molecule has 0 unspecified atom stereocenters. The molecule has 0 spiro atoms. The number of aryl methyl sites for hydroxylation is 1. The van der Waals surface area contributed by atoms with Gasteiger partial charge in [-0.25, -0.2) is 4.98 Å². The Bertz CT molecular complexity index is 621. The molecule has 1 aliphatic heterocycles. The van der Waals surface area contributed by atoms with Gasteiger partial charge in [0.15, 0.2) is 0 Å². The van der Waals surface area contributed by atoms with E-state index in [2.05, 4.69) is 9.97 Å². The van der Waals surface area contributed by atoms with Crippen LogP contribution >= 0.6 is 11.3 Å². The highest BCUT2D eigenvalue weighted by Crippen LogP contribution is 2.28. The first-order valence-corrected chi connectivity index (χ1v) is 7.78. The molecule has 21 heavy (non-hydrogen) atoms. The predicted molar refractivity (Wildman–Crippen MR) is 81.2 cm³/mol. The van der Waals surface area contributed by atoms with Gasteiger partial charge in [-0.1, -0.05) is 0 Å². The van der Waals surface area contributed by atoms with Gasteiger partial charge in [0, 0.05) is 35.9 Å². The monoisotopic (exact) mass is 303 g/mol. The molecule has 5 nitrogen and oxygen atoms in total. The van der Waals surface area contributed by atoms with E-state index in [1.54, 1.807) is 23.7 Å². The fraction of sp³-hybridized carbons (Fsp3) is 0.400. The molecule has 2 aromatic heterocycles. The minimum Gasteiger partial charge on any atom is -0.378 e. The molecule has 1 fully saturated rings. The first kappa shape index (κ1) is 14.2. The number of thiazole rings is 1. The molecule has 1 saturated heterocycles. The van der Waals surface area contributed by atoms with Crippen LogP contribution in [0.5, 0.6) is 0 Å². The summed E-state index contributed by atoms with van der Waals surface area (Å²) < 4.78 is 5.28. The fourth-order valence-electron chi connectivity index (χ4n) is 2.27. The Morgan fingerprint density at radius 3 is 2.76 bits per heavy atom. The molecule has 3 heterocycles. The van der Waals surface area contributed by atoms with E-state index in [0.29, 0.717) is 32.7 Å². The van der Waals surface area contributed by atoms with E-state index < -0.39 is 0 Å². The van der Waals surface area contributed by atoms with Crippen LogP contribution in [0.15, 0.2) is 24.5 Å². The van der Waals surface area contributed by atoms with Crippen LogP contribution in [0.4, 0.5) is 0 Å². The third-order valence-corrected chi connectivity index (χ3v) is 4.70. The number of amides is 1. The van der Waals surface area contributed by atoms with Crippen LogP contribution in [0.25, 0.3) is 10.6 Å². The third-order valence-electron chi connectivity index (χ3n) is 3.50. The SMILES string of the molecule is Cc1nc(-c2ccncc2)sc1CC(=O)N1CCOCC1. The Kier molecular flexibility index (Phi) is 4.26. The van der Waals surface area contributed by atoms with E-state index in [0.717, 1.165) is 21.1 Å². The van der Waals surface area contributed by atoms with Crippen molar-refractivity contribution in [3.05, 3.63) is 35.1 Å². The first-order valence-electron chi connectivity index (χ1n) is 6.96. The molecule has 0 atom stereocenters. The maximum absolute atomic E-state index is 12.3. The molecule has 0 radical (unpaired) electrons. The van der Waals surface area contributed by atoms with Gasteiger partial charge < -0.3 is 9.64 Å². The minimum atomic E-state index is 0.159. The zero-order valence-electron chi connectivity index (χ0n) is 11.9. The Labute approximate surface area is 127 Å². The Hall–Kier alpha value is -1.79. The van der Waals surface area contributed by atoms with E-state index >= 15 is 0 Å². The van der Waals surface area contributed by atoms with E-state index in [1.807, 2.05) is 24.0 Å². The van der Waals surface area contributed by atoms with Crippen LogP contribution in [0.3, 0.4) is 0 Å². The normalized spacial score (nSPS) is 15.2. The van der Waals surface area contributed by atoms with Crippen molar-refractivity contribution in [3.8, 4) is 10.6 Å². The van der Waals surface area contributed by atoms with E-state index in [4.69, 9.17) is 4.74 Å². The minimum absolute atomic E-state index is 0.159. The second-order valence-corrected chi connectivity index (χ2v) is 6.02. The van der Waals surface area contributed by atoms with Crippen molar-refractivity contribution in [2.24, 2.45) is 0 Å². The molecule has 110 valence electrons. The highest BCUT2D eigenvalue weighted by molar-refractivity contribution is 7.15. The molecule has 2 aromatic rings. The summed E-state index contributed by atoms with van der Waals surface area (Å²) in [5, 5.41) is 0.944. The molecular formula is C15H17N3O2S. The van der Waals surface area contributed by atoms with Crippen LogP contribution in [-0.2, 0) is 16.0 Å². The van der Waals surface area contributed by atoms with Crippen molar-refractivity contribution in [2.45, 2.75) is 13.3 Å². The molecule has 6 heteroatoms. The molecule has 0 saturated carbocycles. The van der Waals surface area contributed by atoms with Crippen molar-refractivity contribution in [3.63, 3.8) is 0 Å². The van der Waals surface area contributed by atoms with Gasteiger partial charge in [-0.05, 0) is 19.1 Å². The summed E-state index contributed by atoms with van der Waals surface area (Å²) in [4.78, 5) is 23.8. The molecule has 0 N–H and O–H groups in total.